The third kappa shape index (κ3) is 4.82. The fourth-order valence-corrected chi connectivity index (χ4v) is 2.32. The predicted molar refractivity (Wildman–Crippen MR) is 109 cm³/mol. The van der Waals surface area contributed by atoms with Crippen molar-refractivity contribution in [2.45, 2.75) is 6.92 Å². The van der Waals surface area contributed by atoms with Gasteiger partial charge in [0, 0.05) is 29.2 Å². The number of aromatic nitrogens is 3. The second-order valence-corrected chi connectivity index (χ2v) is 5.86. The van der Waals surface area contributed by atoms with Crippen LogP contribution in [0.4, 0.5) is 28.8 Å². The van der Waals surface area contributed by atoms with E-state index < -0.39 is 0 Å². The smallest absolute Gasteiger partial charge is 0.247 e. The first-order valence-corrected chi connectivity index (χ1v) is 8.47. The summed E-state index contributed by atoms with van der Waals surface area (Å²) in [4.78, 5) is 24.3. The van der Waals surface area contributed by atoms with Crippen molar-refractivity contribution < 1.29 is 9.53 Å². The van der Waals surface area contributed by atoms with Crippen molar-refractivity contribution in [2.75, 3.05) is 23.1 Å². The van der Waals surface area contributed by atoms with Crippen LogP contribution in [-0.4, -0.2) is 28.0 Å². The van der Waals surface area contributed by atoms with Gasteiger partial charge in [0.15, 0.2) is 0 Å². The van der Waals surface area contributed by atoms with Gasteiger partial charge in [0.05, 0.1) is 25.2 Å². The lowest BCUT2D eigenvalue weighted by Crippen LogP contribution is -2.07. The summed E-state index contributed by atoms with van der Waals surface area (Å²) in [7, 11) is 1.58. The van der Waals surface area contributed by atoms with Gasteiger partial charge in [-0.2, -0.15) is 4.98 Å². The number of anilines is 5. The molecule has 2 heterocycles. The van der Waals surface area contributed by atoms with E-state index in [1.807, 2.05) is 19.1 Å². The molecule has 0 aliphatic carbocycles. The molecule has 0 saturated heterocycles. The number of hydrogen-bond donors (Lipinski definition) is 3. The maximum Gasteiger partial charge on any atom is 0.247 e. The predicted octanol–water partition coefficient (Wildman–Crippen LogP) is 3.80. The average molecular weight is 376 g/mol. The summed E-state index contributed by atoms with van der Waals surface area (Å²) in [5.74, 6) is 1.48. The van der Waals surface area contributed by atoms with E-state index in [0.29, 0.717) is 23.2 Å². The summed E-state index contributed by atoms with van der Waals surface area (Å²) in [5, 5.41) is 9.06. The van der Waals surface area contributed by atoms with Crippen molar-refractivity contribution >= 4 is 34.7 Å². The van der Waals surface area contributed by atoms with Crippen LogP contribution in [-0.2, 0) is 4.79 Å². The molecular weight excluding hydrogens is 356 g/mol. The summed E-state index contributed by atoms with van der Waals surface area (Å²) in [6.45, 7) is 5.35. The Bertz CT molecular complexity index is 988. The van der Waals surface area contributed by atoms with Crippen LogP contribution in [0.3, 0.4) is 0 Å². The summed E-state index contributed by atoms with van der Waals surface area (Å²) in [5.41, 5.74) is 3.12. The van der Waals surface area contributed by atoms with Gasteiger partial charge in [-0.05, 0) is 37.3 Å². The minimum Gasteiger partial charge on any atom is -0.495 e. The number of carbonyl (C=O) groups excluding carboxylic acids is 1. The molecule has 1 amide bonds. The highest BCUT2D eigenvalue weighted by Gasteiger charge is 2.06. The molecule has 0 bridgehead atoms. The minimum absolute atomic E-state index is 0.255. The summed E-state index contributed by atoms with van der Waals surface area (Å²) >= 11 is 0. The van der Waals surface area contributed by atoms with Crippen LogP contribution in [0, 0.1) is 6.92 Å². The van der Waals surface area contributed by atoms with Gasteiger partial charge in [0.25, 0.3) is 0 Å². The van der Waals surface area contributed by atoms with E-state index in [1.54, 1.807) is 43.9 Å². The number of rotatable bonds is 7. The molecule has 1 aromatic carbocycles. The largest absolute Gasteiger partial charge is 0.495 e. The molecule has 3 rings (SSSR count). The van der Waals surface area contributed by atoms with Crippen molar-refractivity contribution in [1.82, 2.24) is 15.0 Å². The van der Waals surface area contributed by atoms with Crippen LogP contribution in [0.2, 0.25) is 0 Å². The fraction of sp³-hybridized carbons (Fsp3) is 0.100. The molecule has 0 spiro atoms. The van der Waals surface area contributed by atoms with Crippen molar-refractivity contribution in [3.8, 4) is 5.75 Å². The van der Waals surface area contributed by atoms with Gasteiger partial charge in [-0.1, -0.05) is 6.58 Å². The Morgan fingerprint density at radius 3 is 2.54 bits per heavy atom. The zero-order valence-corrected chi connectivity index (χ0v) is 15.6. The summed E-state index contributed by atoms with van der Waals surface area (Å²) in [6.07, 6.45) is 6.23. The zero-order valence-electron chi connectivity index (χ0n) is 15.6. The lowest BCUT2D eigenvalue weighted by Gasteiger charge is -2.12. The molecule has 142 valence electrons. The Labute approximate surface area is 162 Å². The van der Waals surface area contributed by atoms with E-state index in [9.17, 15) is 4.79 Å². The zero-order chi connectivity index (χ0) is 19.9. The molecular formula is C20H20N6O2. The van der Waals surface area contributed by atoms with Crippen LogP contribution in [0.25, 0.3) is 0 Å². The van der Waals surface area contributed by atoms with Crippen molar-refractivity contribution in [3.63, 3.8) is 0 Å². The van der Waals surface area contributed by atoms with E-state index in [0.717, 1.165) is 16.9 Å². The SMILES string of the molecule is C=CC(=O)Nc1ccc(Nc2nc(Nc3cncc(OC)c3)ncc2C)cc1. The molecule has 0 saturated carbocycles. The first-order chi connectivity index (χ1) is 13.6. The lowest BCUT2D eigenvalue weighted by molar-refractivity contribution is -0.111. The van der Waals surface area contributed by atoms with Crippen molar-refractivity contribution in [2.24, 2.45) is 0 Å². The first kappa shape index (κ1) is 18.8. The Hall–Kier alpha value is -3.94. The lowest BCUT2D eigenvalue weighted by atomic mass is 10.2. The third-order valence-corrected chi connectivity index (χ3v) is 3.78. The quantitative estimate of drug-likeness (QED) is 0.539. The van der Waals surface area contributed by atoms with Gasteiger partial charge in [-0.3, -0.25) is 9.78 Å². The Morgan fingerprint density at radius 1 is 1.07 bits per heavy atom. The molecule has 0 atom stereocenters. The van der Waals surface area contributed by atoms with Gasteiger partial charge in [0.2, 0.25) is 11.9 Å². The molecule has 0 aliphatic heterocycles. The number of ether oxygens (including phenoxy) is 1. The molecule has 8 heteroatoms. The van der Waals surface area contributed by atoms with Crippen molar-refractivity contribution in [3.05, 3.63) is 67.1 Å². The van der Waals surface area contributed by atoms with Crippen LogP contribution in [0.1, 0.15) is 5.56 Å². The molecule has 0 radical (unpaired) electrons. The Morgan fingerprint density at radius 2 is 1.82 bits per heavy atom. The molecule has 8 nitrogen and oxygen atoms in total. The fourth-order valence-electron chi connectivity index (χ4n) is 2.32. The molecule has 28 heavy (non-hydrogen) atoms. The number of hydrogen-bond acceptors (Lipinski definition) is 7. The third-order valence-electron chi connectivity index (χ3n) is 3.78. The van der Waals surface area contributed by atoms with E-state index in [2.05, 4.69) is 37.5 Å². The van der Waals surface area contributed by atoms with Gasteiger partial charge >= 0.3 is 0 Å². The monoisotopic (exact) mass is 376 g/mol. The van der Waals surface area contributed by atoms with Crippen LogP contribution in [0.15, 0.2) is 61.6 Å². The number of nitrogens with one attached hydrogen (secondary N) is 3. The highest BCUT2D eigenvalue weighted by atomic mass is 16.5. The number of amides is 1. The number of pyridine rings is 1. The summed E-state index contributed by atoms with van der Waals surface area (Å²) < 4.78 is 5.17. The summed E-state index contributed by atoms with van der Waals surface area (Å²) in [6, 6.07) is 9.08. The average Bonchev–Trinajstić information content (AvgIpc) is 2.72. The molecule has 3 N–H and O–H groups in total. The maximum atomic E-state index is 11.3. The Balaban J connectivity index is 1.74. The number of methoxy groups -OCH3 is 1. The second kappa shape index (κ2) is 8.63. The Kier molecular flexibility index (Phi) is 5.81. The second-order valence-electron chi connectivity index (χ2n) is 5.86. The van der Waals surface area contributed by atoms with Crippen LogP contribution < -0.4 is 20.7 Å². The number of nitrogens with zero attached hydrogens (tertiary/aromatic N) is 3. The van der Waals surface area contributed by atoms with E-state index in [1.165, 1.54) is 6.08 Å². The normalized spacial score (nSPS) is 10.1. The number of carbonyl (C=O) groups is 1. The number of aryl methyl sites for hydroxylation is 1. The minimum atomic E-state index is -0.255. The highest BCUT2D eigenvalue weighted by molar-refractivity contribution is 5.98. The topological polar surface area (TPSA) is 101 Å². The van der Waals surface area contributed by atoms with Gasteiger partial charge in [-0.15, -0.1) is 0 Å². The van der Waals surface area contributed by atoms with E-state index in [-0.39, 0.29) is 5.91 Å². The van der Waals surface area contributed by atoms with Gasteiger partial charge in [0.1, 0.15) is 11.6 Å². The molecule has 3 aromatic rings. The first-order valence-electron chi connectivity index (χ1n) is 8.47. The molecule has 0 fully saturated rings. The van der Waals surface area contributed by atoms with Gasteiger partial charge in [-0.25, -0.2) is 4.98 Å². The molecule has 2 aromatic heterocycles. The van der Waals surface area contributed by atoms with Gasteiger partial charge < -0.3 is 20.7 Å². The van der Waals surface area contributed by atoms with E-state index >= 15 is 0 Å². The van der Waals surface area contributed by atoms with Crippen molar-refractivity contribution in [1.29, 1.82) is 0 Å². The standard InChI is InChI=1S/C20H20N6O2/c1-4-18(27)23-14-5-7-15(8-6-14)24-19-13(2)10-22-20(26-19)25-16-9-17(28-3)12-21-11-16/h4-12H,1H2,2-3H3,(H,23,27)(H2,22,24,25,26). The van der Waals surface area contributed by atoms with Crippen LogP contribution in [0.5, 0.6) is 5.75 Å². The van der Waals surface area contributed by atoms with E-state index in [4.69, 9.17) is 4.74 Å². The molecule has 0 aliphatic rings. The highest BCUT2D eigenvalue weighted by Crippen LogP contribution is 2.23. The maximum absolute atomic E-state index is 11.3. The van der Waals surface area contributed by atoms with Crippen LogP contribution >= 0.6 is 0 Å². The molecule has 0 unspecified atom stereocenters. The number of benzene rings is 1.